The second kappa shape index (κ2) is 7.28. The van der Waals surface area contributed by atoms with Crippen molar-refractivity contribution in [1.82, 2.24) is 4.57 Å². The van der Waals surface area contributed by atoms with Crippen molar-refractivity contribution in [3.63, 3.8) is 0 Å². The van der Waals surface area contributed by atoms with Crippen LogP contribution in [0.5, 0.6) is 0 Å². The number of hydrogen-bond donors (Lipinski definition) is 0. The van der Waals surface area contributed by atoms with E-state index in [1.165, 1.54) is 65.3 Å². The molecule has 0 amide bonds. The summed E-state index contributed by atoms with van der Waals surface area (Å²) in [7, 11) is 2.19. The van der Waals surface area contributed by atoms with E-state index in [0.29, 0.717) is 0 Å². The van der Waals surface area contributed by atoms with Crippen molar-refractivity contribution in [3.8, 4) is 16.9 Å². The summed E-state index contributed by atoms with van der Waals surface area (Å²) in [6, 6.07) is 35.3. The van der Waals surface area contributed by atoms with Crippen LogP contribution in [-0.4, -0.2) is 4.57 Å². The lowest BCUT2D eigenvalue weighted by Gasteiger charge is -2.14. The fourth-order valence-electron chi connectivity index (χ4n) is 5.50. The molecule has 0 saturated carbocycles. The second-order valence-corrected chi connectivity index (χ2v) is 9.85. The molecule has 0 aliphatic carbocycles. The second-order valence-electron chi connectivity index (χ2n) is 8.94. The zero-order valence-electron chi connectivity index (χ0n) is 19.1. The highest BCUT2D eigenvalue weighted by atomic mass is 32.1. The SMILES string of the molecule is Cc1c(-c2cc(-n3c4ccccc4c4ccccc43)c3ccccc3[n+]2C)ccc2ccsc12. The third-order valence-electron chi connectivity index (χ3n) is 7.14. The molecule has 162 valence electrons. The molecule has 0 aliphatic heterocycles. The highest BCUT2D eigenvalue weighted by Crippen LogP contribution is 2.37. The lowest BCUT2D eigenvalue weighted by atomic mass is 10.0. The predicted molar refractivity (Wildman–Crippen MR) is 145 cm³/mol. The van der Waals surface area contributed by atoms with E-state index in [2.05, 4.69) is 126 Å². The average molecular weight is 456 g/mol. The zero-order chi connectivity index (χ0) is 22.8. The standard InChI is InChI=1S/C31H23N2S/c1-20-22(16-15-21-17-18-34-31(20)21)29-19-30(25-11-5-6-12-26(25)32(29)2)33-27-13-7-3-9-23(27)24-10-4-8-14-28(24)33/h3-19H,1-2H3/q+1. The van der Waals surface area contributed by atoms with Gasteiger partial charge < -0.3 is 4.57 Å². The van der Waals surface area contributed by atoms with Crippen LogP contribution in [0.4, 0.5) is 0 Å². The topological polar surface area (TPSA) is 8.81 Å². The number of nitrogens with zero attached hydrogens (tertiary/aromatic N) is 2. The molecule has 0 fully saturated rings. The van der Waals surface area contributed by atoms with Crippen LogP contribution in [0.3, 0.4) is 0 Å². The molecule has 3 heterocycles. The van der Waals surface area contributed by atoms with Gasteiger partial charge in [-0.05, 0) is 53.6 Å². The molecule has 0 aliphatic rings. The maximum absolute atomic E-state index is 2.44. The van der Waals surface area contributed by atoms with Crippen molar-refractivity contribution in [3.05, 3.63) is 108 Å². The van der Waals surface area contributed by atoms with Crippen LogP contribution in [-0.2, 0) is 7.05 Å². The summed E-state index contributed by atoms with van der Waals surface area (Å²) in [4.78, 5) is 0. The Morgan fingerprint density at radius 1 is 0.706 bits per heavy atom. The van der Waals surface area contributed by atoms with E-state index in [9.17, 15) is 0 Å². The highest BCUT2D eigenvalue weighted by Gasteiger charge is 2.23. The van der Waals surface area contributed by atoms with E-state index in [1.54, 1.807) is 0 Å². The quantitative estimate of drug-likeness (QED) is 0.234. The van der Waals surface area contributed by atoms with Crippen molar-refractivity contribution < 1.29 is 4.57 Å². The van der Waals surface area contributed by atoms with Gasteiger partial charge in [0.25, 0.3) is 0 Å². The Morgan fingerprint density at radius 2 is 1.35 bits per heavy atom. The predicted octanol–water partition coefficient (Wildman–Crippen LogP) is 7.95. The van der Waals surface area contributed by atoms with E-state index in [0.717, 1.165) is 0 Å². The van der Waals surface area contributed by atoms with Crippen molar-refractivity contribution >= 4 is 54.1 Å². The van der Waals surface area contributed by atoms with Crippen molar-refractivity contribution in [1.29, 1.82) is 0 Å². The number of benzene rings is 4. The summed E-state index contributed by atoms with van der Waals surface area (Å²) in [6.45, 7) is 2.25. The van der Waals surface area contributed by atoms with Gasteiger partial charge in [0.1, 0.15) is 7.05 Å². The van der Waals surface area contributed by atoms with Crippen LogP contribution < -0.4 is 4.57 Å². The number of thiophene rings is 1. The molecule has 3 aromatic heterocycles. The summed E-state index contributed by atoms with van der Waals surface area (Å²) in [5.41, 5.74) is 8.76. The molecule has 7 rings (SSSR count). The Bertz CT molecular complexity index is 1830. The van der Waals surface area contributed by atoms with Crippen LogP contribution in [0.15, 0.2) is 102 Å². The fraction of sp³-hybridized carbons (Fsp3) is 0.0645. The fourth-order valence-corrected chi connectivity index (χ4v) is 6.40. The molecule has 0 bridgehead atoms. The Morgan fingerprint density at radius 3 is 2.09 bits per heavy atom. The van der Waals surface area contributed by atoms with Crippen LogP contribution in [0.2, 0.25) is 0 Å². The molecule has 0 saturated heterocycles. The minimum atomic E-state index is 1.21. The number of hydrogen-bond acceptors (Lipinski definition) is 1. The van der Waals surface area contributed by atoms with Gasteiger partial charge in [0.05, 0.1) is 27.7 Å². The number of rotatable bonds is 2. The summed E-state index contributed by atoms with van der Waals surface area (Å²) < 4.78 is 6.15. The lowest BCUT2D eigenvalue weighted by molar-refractivity contribution is -0.633. The maximum Gasteiger partial charge on any atom is 0.215 e. The number of aryl methyl sites for hydroxylation is 2. The van der Waals surface area contributed by atoms with Crippen molar-refractivity contribution in [2.75, 3.05) is 0 Å². The molecule has 0 radical (unpaired) electrons. The van der Waals surface area contributed by atoms with Crippen molar-refractivity contribution in [2.24, 2.45) is 7.05 Å². The Labute approximate surface area is 201 Å². The first-order valence-electron chi connectivity index (χ1n) is 11.6. The number of para-hydroxylation sites is 3. The Kier molecular flexibility index (Phi) is 4.18. The largest absolute Gasteiger partial charge is 0.308 e. The highest BCUT2D eigenvalue weighted by molar-refractivity contribution is 7.17. The molecule has 3 heteroatoms. The van der Waals surface area contributed by atoms with Gasteiger partial charge in [0, 0.05) is 27.6 Å². The van der Waals surface area contributed by atoms with Gasteiger partial charge in [0.15, 0.2) is 0 Å². The summed E-state index contributed by atoms with van der Waals surface area (Å²) >= 11 is 1.82. The summed E-state index contributed by atoms with van der Waals surface area (Å²) in [6.07, 6.45) is 0. The van der Waals surface area contributed by atoms with E-state index < -0.39 is 0 Å². The number of fused-ring (bicyclic) bond motifs is 5. The van der Waals surface area contributed by atoms with Gasteiger partial charge in [-0.2, -0.15) is 4.57 Å². The molecule has 0 spiro atoms. The van der Waals surface area contributed by atoms with Crippen LogP contribution >= 0.6 is 11.3 Å². The summed E-state index contributed by atoms with van der Waals surface area (Å²) in [5.74, 6) is 0. The molecule has 2 nitrogen and oxygen atoms in total. The van der Waals surface area contributed by atoms with E-state index in [4.69, 9.17) is 0 Å². The minimum Gasteiger partial charge on any atom is -0.308 e. The Hall–Kier alpha value is -3.95. The van der Waals surface area contributed by atoms with Crippen LogP contribution in [0, 0.1) is 6.92 Å². The van der Waals surface area contributed by atoms with Gasteiger partial charge in [0.2, 0.25) is 11.2 Å². The van der Waals surface area contributed by atoms with Gasteiger partial charge in [-0.3, -0.25) is 0 Å². The normalized spacial score (nSPS) is 11.8. The third-order valence-corrected chi connectivity index (χ3v) is 8.19. The van der Waals surface area contributed by atoms with E-state index >= 15 is 0 Å². The maximum atomic E-state index is 2.44. The molecule has 7 aromatic rings. The monoisotopic (exact) mass is 455 g/mol. The van der Waals surface area contributed by atoms with E-state index in [-0.39, 0.29) is 0 Å². The molecule has 34 heavy (non-hydrogen) atoms. The molecule has 0 N–H and O–H groups in total. The Balaban J connectivity index is 1.65. The smallest absolute Gasteiger partial charge is 0.215 e. The number of aromatic nitrogens is 2. The minimum absolute atomic E-state index is 1.21. The molecule has 4 aromatic carbocycles. The third kappa shape index (κ3) is 2.65. The molecular weight excluding hydrogens is 432 g/mol. The average Bonchev–Trinajstić information content (AvgIpc) is 3.49. The van der Waals surface area contributed by atoms with E-state index in [1.807, 2.05) is 11.3 Å². The van der Waals surface area contributed by atoms with Crippen molar-refractivity contribution in [2.45, 2.75) is 6.92 Å². The first-order valence-corrected chi connectivity index (χ1v) is 12.5. The molecule has 0 atom stereocenters. The van der Waals surface area contributed by atoms with Gasteiger partial charge >= 0.3 is 0 Å². The van der Waals surface area contributed by atoms with Gasteiger partial charge in [-0.15, -0.1) is 11.3 Å². The zero-order valence-corrected chi connectivity index (χ0v) is 19.9. The van der Waals surface area contributed by atoms with Gasteiger partial charge in [-0.1, -0.05) is 54.6 Å². The van der Waals surface area contributed by atoms with Gasteiger partial charge in [-0.25, -0.2) is 0 Å². The first-order chi connectivity index (χ1) is 16.7. The first kappa shape index (κ1) is 19.5. The summed E-state index contributed by atoms with van der Waals surface area (Å²) in [5, 5.41) is 7.32. The number of pyridine rings is 1. The van der Waals surface area contributed by atoms with Crippen LogP contribution in [0.25, 0.3) is 59.7 Å². The molecule has 0 unspecified atom stereocenters. The lowest BCUT2D eigenvalue weighted by Crippen LogP contribution is -2.32. The van der Waals surface area contributed by atoms with Crippen LogP contribution in [0.1, 0.15) is 5.56 Å². The molecular formula is C31H23N2S+.